The molecule has 0 spiro atoms. The van der Waals surface area contributed by atoms with Gasteiger partial charge >= 0.3 is 23.9 Å². The number of nitrogens with two attached hydrogens (primary N) is 1. The van der Waals surface area contributed by atoms with E-state index in [1.807, 2.05) is 0 Å². The van der Waals surface area contributed by atoms with E-state index in [1.54, 1.807) is 0 Å². The minimum atomic E-state index is -6.90. The molecule has 0 aliphatic rings. The van der Waals surface area contributed by atoms with Gasteiger partial charge < -0.3 is 5.73 Å². The van der Waals surface area contributed by atoms with Crippen LogP contribution in [0.1, 0.15) is 15.9 Å². The number of hydrogen-bond acceptors (Lipinski definition) is 1. The zero-order valence-electron chi connectivity index (χ0n) is 14.1. The van der Waals surface area contributed by atoms with E-state index in [-0.39, 0.29) is 23.3 Å². The summed E-state index contributed by atoms with van der Waals surface area (Å²) >= 11 is 11.5. The van der Waals surface area contributed by atoms with Gasteiger partial charge in [0.05, 0.1) is 10.0 Å². The molecule has 2 N–H and O–H groups in total. The van der Waals surface area contributed by atoms with Crippen LogP contribution >= 0.6 is 23.2 Å². The average molecular weight is 484 g/mol. The van der Waals surface area contributed by atoms with Crippen LogP contribution in [0.15, 0.2) is 36.4 Å². The summed E-state index contributed by atoms with van der Waals surface area (Å²) in [6.45, 7) is 0. The second-order valence-corrected chi connectivity index (χ2v) is 6.77. The minimum absolute atomic E-state index is 0.0618. The number of alkyl halides is 9. The van der Waals surface area contributed by atoms with E-state index in [0.29, 0.717) is 0 Å². The summed E-state index contributed by atoms with van der Waals surface area (Å²) in [6.07, 6.45) is -13.6. The van der Waals surface area contributed by atoms with E-state index in [9.17, 15) is 44.3 Å². The molecule has 30 heavy (non-hydrogen) atoms. The molecular weight excluding hydrogens is 476 g/mol. The SMILES string of the molecule is NC(=O)c1ccccc1-c1c(Cl)cc(C(F)(C(F)(F)F)C(F)(F)C(F)(F)F)cc1Cl. The molecule has 1 amide bonds. The molecule has 0 aliphatic carbocycles. The fourth-order valence-electron chi connectivity index (χ4n) is 2.66. The number of benzene rings is 2. The highest BCUT2D eigenvalue weighted by Crippen LogP contribution is 2.59. The van der Waals surface area contributed by atoms with Gasteiger partial charge in [0.25, 0.3) is 0 Å². The zero-order valence-corrected chi connectivity index (χ0v) is 15.6. The third-order valence-electron chi connectivity index (χ3n) is 4.08. The summed E-state index contributed by atoms with van der Waals surface area (Å²) in [7, 11) is 0. The van der Waals surface area contributed by atoms with Crippen molar-refractivity contribution in [3.63, 3.8) is 0 Å². The summed E-state index contributed by atoms with van der Waals surface area (Å²) in [5.74, 6) is -7.90. The fraction of sp³-hybridized carbons (Fsp3) is 0.235. The smallest absolute Gasteiger partial charge is 0.366 e. The topological polar surface area (TPSA) is 43.1 Å². The van der Waals surface area contributed by atoms with Crippen molar-refractivity contribution in [3.8, 4) is 11.1 Å². The lowest BCUT2D eigenvalue weighted by Crippen LogP contribution is -2.59. The van der Waals surface area contributed by atoms with Crippen LogP contribution in [0.3, 0.4) is 0 Å². The highest BCUT2D eigenvalue weighted by molar-refractivity contribution is 6.39. The summed E-state index contributed by atoms with van der Waals surface area (Å²) in [5, 5.41) is -1.84. The van der Waals surface area contributed by atoms with Crippen LogP contribution in [0.25, 0.3) is 11.1 Å². The molecule has 2 rings (SSSR count). The highest BCUT2D eigenvalue weighted by atomic mass is 35.5. The van der Waals surface area contributed by atoms with Crippen molar-refractivity contribution in [1.29, 1.82) is 0 Å². The van der Waals surface area contributed by atoms with Gasteiger partial charge in [0.2, 0.25) is 5.91 Å². The molecule has 2 nitrogen and oxygen atoms in total. The van der Waals surface area contributed by atoms with E-state index < -0.39 is 51.0 Å². The molecule has 0 aliphatic heterocycles. The first kappa shape index (κ1) is 24.1. The number of primary amides is 1. The second kappa shape index (κ2) is 7.52. The van der Waals surface area contributed by atoms with Gasteiger partial charge in [-0.1, -0.05) is 41.4 Å². The van der Waals surface area contributed by atoms with Crippen molar-refractivity contribution in [1.82, 2.24) is 0 Å². The maximum atomic E-state index is 14.6. The first-order valence-electron chi connectivity index (χ1n) is 7.55. The van der Waals surface area contributed by atoms with Crippen molar-refractivity contribution in [2.24, 2.45) is 5.73 Å². The van der Waals surface area contributed by atoms with Crippen LogP contribution in [0, 0.1) is 0 Å². The fourth-order valence-corrected chi connectivity index (χ4v) is 3.35. The van der Waals surface area contributed by atoms with E-state index in [4.69, 9.17) is 28.9 Å². The molecule has 0 radical (unpaired) electrons. The summed E-state index contributed by atoms with van der Waals surface area (Å²) in [5.41, 5.74) is -4.04. The Labute approximate surface area is 172 Å². The minimum Gasteiger partial charge on any atom is -0.366 e. The quantitative estimate of drug-likeness (QED) is 0.484. The largest absolute Gasteiger partial charge is 0.457 e. The summed E-state index contributed by atoms with van der Waals surface area (Å²) in [4.78, 5) is 11.5. The Balaban J connectivity index is 2.84. The Morgan fingerprint density at radius 2 is 1.27 bits per heavy atom. The molecule has 0 saturated heterocycles. The maximum absolute atomic E-state index is 14.6. The molecule has 0 bridgehead atoms. The molecule has 0 saturated carbocycles. The lowest BCUT2D eigenvalue weighted by molar-refractivity contribution is -0.389. The Bertz CT molecular complexity index is 965. The van der Waals surface area contributed by atoms with Crippen molar-refractivity contribution in [2.45, 2.75) is 23.9 Å². The second-order valence-electron chi connectivity index (χ2n) is 5.95. The highest BCUT2D eigenvalue weighted by Gasteiger charge is 2.81. The van der Waals surface area contributed by atoms with Gasteiger partial charge in [-0.3, -0.25) is 4.79 Å². The van der Waals surface area contributed by atoms with Gasteiger partial charge in [-0.15, -0.1) is 0 Å². The van der Waals surface area contributed by atoms with Gasteiger partial charge in [0.15, 0.2) is 0 Å². The number of carbonyl (C=O) groups excluding carboxylic acids is 1. The first-order valence-corrected chi connectivity index (χ1v) is 8.31. The molecular formula is C17H8Cl2F9NO. The van der Waals surface area contributed by atoms with Crippen LogP contribution in [0.5, 0.6) is 0 Å². The predicted octanol–water partition coefficient (Wildman–Crippen LogP) is 6.68. The van der Waals surface area contributed by atoms with Crippen molar-refractivity contribution >= 4 is 29.1 Å². The number of carbonyl (C=O) groups is 1. The van der Waals surface area contributed by atoms with E-state index >= 15 is 0 Å². The average Bonchev–Trinajstić information content (AvgIpc) is 2.58. The molecule has 0 aromatic heterocycles. The molecule has 1 atom stereocenters. The first-order chi connectivity index (χ1) is 13.5. The number of hydrogen-bond donors (Lipinski definition) is 1. The van der Waals surface area contributed by atoms with E-state index in [0.717, 1.165) is 0 Å². The lowest BCUT2D eigenvalue weighted by atomic mass is 9.86. The van der Waals surface area contributed by atoms with Crippen LogP contribution in [-0.2, 0) is 5.67 Å². The van der Waals surface area contributed by atoms with Crippen molar-refractivity contribution in [3.05, 3.63) is 57.6 Å². The number of rotatable bonds is 4. The summed E-state index contributed by atoms with van der Waals surface area (Å²) in [6, 6.07) is 4.91. The number of halogens is 11. The molecule has 13 heteroatoms. The Kier molecular flexibility index (Phi) is 6.05. The maximum Gasteiger partial charge on any atom is 0.457 e. The lowest BCUT2D eigenvalue weighted by Gasteiger charge is -2.36. The number of amides is 1. The van der Waals surface area contributed by atoms with Gasteiger partial charge in [0, 0.05) is 16.7 Å². The van der Waals surface area contributed by atoms with Crippen LogP contribution in [0.4, 0.5) is 39.5 Å². The third-order valence-corrected chi connectivity index (χ3v) is 4.68. The molecule has 0 fully saturated rings. The zero-order chi connectivity index (χ0) is 23.3. The van der Waals surface area contributed by atoms with Crippen LogP contribution in [0.2, 0.25) is 10.0 Å². The molecule has 0 heterocycles. The Morgan fingerprint density at radius 1 is 0.800 bits per heavy atom. The van der Waals surface area contributed by atoms with E-state index in [2.05, 4.69) is 0 Å². The van der Waals surface area contributed by atoms with Crippen molar-refractivity contribution < 1.29 is 44.3 Å². The van der Waals surface area contributed by atoms with E-state index in [1.165, 1.54) is 24.3 Å². The molecule has 164 valence electrons. The molecule has 1 unspecified atom stereocenters. The van der Waals surface area contributed by atoms with Gasteiger partial charge in [-0.05, 0) is 23.8 Å². The Morgan fingerprint density at radius 3 is 1.67 bits per heavy atom. The van der Waals surface area contributed by atoms with Crippen LogP contribution in [-0.4, -0.2) is 24.2 Å². The monoisotopic (exact) mass is 483 g/mol. The van der Waals surface area contributed by atoms with Gasteiger partial charge in [-0.2, -0.15) is 35.1 Å². The molecule has 2 aromatic rings. The third kappa shape index (κ3) is 3.68. The standard InChI is InChI=1S/C17H8Cl2F9NO/c18-10-5-7(14(20,16(23,24)25)15(21,22)17(26,27)28)6-11(19)12(10)8-3-1-2-4-9(8)13(29)30/h1-6H,(H2,29,30). The molecule has 2 aromatic carbocycles. The van der Waals surface area contributed by atoms with Gasteiger partial charge in [-0.25, -0.2) is 4.39 Å². The van der Waals surface area contributed by atoms with Gasteiger partial charge in [0.1, 0.15) is 0 Å². The van der Waals surface area contributed by atoms with Crippen molar-refractivity contribution in [2.75, 3.05) is 0 Å². The summed E-state index contributed by atoms with van der Waals surface area (Å²) < 4.78 is 119. The normalized spacial score (nSPS) is 15.0. The Hall–Kier alpha value is -2.14. The predicted molar refractivity (Wildman–Crippen MR) is 90.3 cm³/mol. The van der Waals surface area contributed by atoms with Crippen LogP contribution < -0.4 is 5.73 Å².